The van der Waals surface area contributed by atoms with E-state index in [1.165, 1.54) is 6.07 Å². The second-order valence-electron chi connectivity index (χ2n) is 3.23. The lowest BCUT2D eigenvalue weighted by atomic mass is 10.0. The third kappa shape index (κ3) is 1.52. The molecular weight excluding hydrogens is 200 g/mol. The SMILES string of the molecule is O=C(O)C[C@@H]1OC(=O)c2c(O)cccc21. The van der Waals surface area contributed by atoms with Crippen LogP contribution in [0, 0.1) is 0 Å². The Labute approximate surface area is 84.9 Å². The lowest BCUT2D eigenvalue weighted by Crippen LogP contribution is -2.05. The first-order valence-corrected chi connectivity index (χ1v) is 4.34. The molecular formula is C10H8O5. The molecule has 1 aliphatic heterocycles. The highest BCUT2D eigenvalue weighted by molar-refractivity contribution is 5.97. The van der Waals surface area contributed by atoms with Gasteiger partial charge < -0.3 is 14.9 Å². The number of ether oxygens (including phenoxy) is 1. The topological polar surface area (TPSA) is 83.8 Å². The molecule has 0 spiro atoms. The number of benzene rings is 1. The van der Waals surface area contributed by atoms with Gasteiger partial charge in [0.05, 0.1) is 6.42 Å². The molecule has 1 aromatic rings. The predicted octanol–water partition coefficient (Wildman–Crippen LogP) is 1.08. The van der Waals surface area contributed by atoms with Gasteiger partial charge in [0.1, 0.15) is 17.4 Å². The number of fused-ring (bicyclic) bond motifs is 1. The zero-order valence-corrected chi connectivity index (χ0v) is 7.64. The molecule has 5 nitrogen and oxygen atoms in total. The van der Waals surface area contributed by atoms with Crippen LogP contribution in [0.1, 0.15) is 28.4 Å². The van der Waals surface area contributed by atoms with Crippen LogP contribution < -0.4 is 0 Å². The summed E-state index contributed by atoms with van der Waals surface area (Å²) in [6.07, 6.45) is -1.08. The number of hydrogen-bond acceptors (Lipinski definition) is 4. The number of hydrogen-bond donors (Lipinski definition) is 2. The van der Waals surface area contributed by atoms with Crippen LogP contribution in [0.15, 0.2) is 18.2 Å². The van der Waals surface area contributed by atoms with E-state index in [1.807, 2.05) is 0 Å². The maximum Gasteiger partial charge on any atom is 0.342 e. The third-order valence-corrected chi connectivity index (χ3v) is 2.24. The summed E-state index contributed by atoms with van der Waals surface area (Å²) < 4.78 is 4.84. The van der Waals surface area contributed by atoms with E-state index < -0.39 is 18.0 Å². The number of esters is 1. The molecule has 0 aromatic heterocycles. The van der Waals surface area contributed by atoms with Crippen LogP contribution in [-0.2, 0) is 9.53 Å². The molecule has 0 saturated heterocycles. The quantitative estimate of drug-likeness (QED) is 0.710. The van der Waals surface area contributed by atoms with Gasteiger partial charge in [-0.3, -0.25) is 4.79 Å². The van der Waals surface area contributed by atoms with Crippen molar-refractivity contribution in [3.05, 3.63) is 29.3 Å². The number of phenolic OH excluding ortho intramolecular Hbond substituents is 1. The Bertz CT molecular complexity index is 437. The number of cyclic esters (lactones) is 1. The summed E-state index contributed by atoms with van der Waals surface area (Å²) in [5, 5.41) is 18.0. The Morgan fingerprint density at radius 2 is 2.20 bits per heavy atom. The molecule has 0 fully saturated rings. The Balaban J connectivity index is 2.42. The van der Waals surface area contributed by atoms with Gasteiger partial charge in [0, 0.05) is 5.56 Å². The summed E-state index contributed by atoms with van der Waals surface area (Å²) in [5.74, 6) is -1.90. The maximum absolute atomic E-state index is 11.3. The second kappa shape index (κ2) is 3.27. The molecule has 1 atom stereocenters. The van der Waals surface area contributed by atoms with Crippen molar-refractivity contribution in [1.82, 2.24) is 0 Å². The standard InChI is InChI=1S/C10H8O5/c11-6-3-1-2-5-7(4-8(12)13)15-10(14)9(5)6/h1-3,7,11H,4H2,(H,12,13)/t7-/m0/s1. The summed E-state index contributed by atoms with van der Waals surface area (Å²) in [5.41, 5.74) is 0.506. The van der Waals surface area contributed by atoms with E-state index >= 15 is 0 Å². The van der Waals surface area contributed by atoms with Gasteiger partial charge in [-0.1, -0.05) is 12.1 Å². The van der Waals surface area contributed by atoms with Gasteiger partial charge in [-0.05, 0) is 6.07 Å². The molecule has 1 heterocycles. The lowest BCUT2D eigenvalue weighted by molar-refractivity contribution is -0.139. The van der Waals surface area contributed by atoms with E-state index in [-0.39, 0.29) is 17.7 Å². The fraction of sp³-hybridized carbons (Fsp3) is 0.200. The van der Waals surface area contributed by atoms with Crippen molar-refractivity contribution in [2.45, 2.75) is 12.5 Å². The predicted molar refractivity (Wildman–Crippen MR) is 48.5 cm³/mol. The summed E-state index contributed by atoms with van der Waals surface area (Å²) in [4.78, 5) is 21.8. The van der Waals surface area contributed by atoms with Gasteiger partial charge >= 0.3 is 11.9 Å². The van der Waals surface area contributed by atoms with Crippen LogP contribution in [0.5, 0.6) is 5.75 Å². The van der Waals surface area contributed by atoms with Crippen molar-refractivity contribution in [3.63, 3.8) is 0 Å². The van der Waals surface area contributed by atoms with Gasteiger partial charge in [-0.25, -0.2) is 4.79 Å². The van der Waals surface area contributed by atoms with Crippen molar-refractivity contribution in [1.29, 1.82) is 0 Å². The number of carboxylic acid groups (broad SMARTS) is 1. The second-order valence-corrected chi connectivity index (χ2v) is 3.23. The fourth-order valence-corrected chi connectivity index (χ4v) is 1.61. The first kappa shape index (κ1) is 9.51. The number of carbonyl (C=O) groups is 2. The molecule has 0 amide bonds. The van der Waals surface area contributed by atoms with Crippen LogP contribution in [0.25, 0.3) is 0 Å². The average Bonchev–Trinajstić information content (AvgIpc) is 2.44. The first-order chi connectivity index (χ1) is 7.09. The van der Waals surface area contributed by atoms with Gasteiger partial charge in [-0.15, -0.1) is 0 Å². The van der Waals surface area contributed by atoms with E-state index in [2.05, 4.69) is 0 Å². The van der Waals surface area contributed by atoms with Gasteiger partial charge in [0.2, 0.25) is 0 Å². The third-order valence-electron chi connectivity index (χ3n) is 2.24. The monoisotopic (exact) mass is 208 g/mol. The molecule has 78 valence electrons. The molecule has 1 aliphatic rings. The van der Waals surface area contributed by atoms with Crippen LogP contribution in [0.4, 0.5) is 0 Å². The molecule has 0 aliphatic carbocycles. The van der Waals surface area contributed by atoms with Crippen LogP contribution in [-0.4, -0.2) is 22.2 Å². The summed E-state index contributed by atoms with van der Waals surface area (Å²) in [6, 6.07) is 4.49. The normalized spacial score (nSPS) is 18.4. The summed E-state index contributed by atoms with van der Waals surface area (Å²) >= 11 is 0. The Hall–Kier alpha value is -2.04. The Kier molecular flexibility index (Phi) is 2.07. The van der Waals surface area contributed by atoms with Crippen molar-refractivity contribution in [2.24, 2.45) is 0 Å². The Morgan fingerprint density at radius 1 is 1.47 bits per heavy atom. The molecule has 0 saturated carbocycles. The van der Waals surface area contributed by atoms with Crippen LogP contribution >= 0.6 is 0 Å². The molecule has 5 heteroatoms. The van der Waals surface area contributed by atoms with Gasteiger partial charge in [0.25, 0.3) is 0 Å². The molecule has 15 heavy (non-hydrogen) atoms. The largest absolute Gasteiger partial charge is 0.507 e. The molecule has 2 rings (SSSR count). The number of carboxylic acids is 1. The highest BCUT2D eigenvalue weighted by Gasteiger charge is 2.34. The van der Waals surface area contributed by atoms with Crippen molar-refractivity contribution < 1.29 is 24.5 Å². The highest BCUT2D eigenvalue weighted by Crippen LogP contribution is 2.37. The van der Waals surface area contributed by atoms with E-state index in [0.717, 1.165) is 0 Å². The fourth-order valence-electron chi connectivity index (χ4n) is 1.61. The van der Waals surface area contributed by atoms with E-state index in [1.54, 1.807) is 12.1 Å². The van der Waals surface area contributed by atoms with Crippen LogP contribution in [0.3, 0.4) is 0 Å². The minimum atomic E-state index is -1.05. The highest BCUT2D eigenvalue weighted by atomic mass is 16.6. The minimum absolute atomic E-state index is 0.0729. The molecule has 2 N–H and O–H groups in total. The lowest BCUT2D eigenvalue weighted by Gasteiger charge is -2.06. The molecule has 0 bridgehead atoms. The van der Waals surface area contributed by atoms with E-state index in [9.17, 15) is 14.7 Å². The van der Waals surface area contributed by atoms with Crippen molar-refractivity contribution in [2.75, 3.05) is 0 Å². The van der Waals surface area contributed by atoms with E-state index in [4.69, 9.17) is 9.84 Å². The number of phenols is 1. The van der Waals surface area contributed by atoms with Crippen LogP contribution in [0.2, 0.25) is 0 Å². The molecule has 0 unspecified atom stereocenters. The zero-order chi connectivity index (χ0) is 11.0. The average molecular weight is 208 g/mol. The maximum atomic E-state index is 11.3. The van der Waals surface area contributed by atoms with Gasteiger partial charge in [0.15, 0.2) is 0 Å². The van der Waals surface area contributed by atoms with Crippen molar-refractivity contribution in [3.8, 4) is 5.75 Å². The number of aromatic hydroxyl groups is 1. The Morgan fingerprint density at radius 3 is 2.87 bits per heavy atom. The zero-order valence-electron chi connectivity index (χ0n) is 7.64. The summed E-state index contributed by atoms with van der Waals surface area (Å²) in [6.45, 7) is 0. The number of aliphatic carboxylic acids is 1. The molecule has 1 aromatic carbocycles. The smallest absolute Gasteiger partial charge is 0.342 e. The van der Waals surface area contributed by atoms with E-state index in [0.29, 0.717) is 5.56 Å². The minimum Gasteiger partial charge on any atom is -0.507 e. The first-order valence-electron chi connectivity index (χ1n) is 4.34. The number of rotatable bonds is 2. The summed E-state index contributed by atoms with van der Waals surface area (Å²) in [7, 11) is 0. The molecule has 0 radical (unpaired) electrons. The van der Waals surface area contributed by atoms with Gasteiger partial charge in [-0.2, -0.15) is 0 Å². The van der Waals surface area contributed by atoms with Crippen molar-refractivity contribution >= 4 is 11.9 Å². The number of carbonyl (C=O) groups excluding carboxylic acids is 1.